The monoisotopic (exact) mass is 444 g/mol. The number of fused-ring (bicyclic) bond motifs is 2. The SMILES string of the molecule is CCOC(=O)c1sc2nc(CN(C)C)nc(NC3CCOc4ccc(F)cc43)c2c1C. The first-order chi connectivity index (χ1) is 14.9. The van der Waals surface area contributed by atoms with Gasteiger partial charge < -0.3 is 19.7 Å². The summed E-state index contributed by atoms with van der Waals surface area (Å²) in [6.45, 7) is 5.04. The maximum Gasteiger partial charge on any atom is 0.348 e. The van der Waals surface area contributed by atoms with E-state index in [2.05, 4.69) is 10.3 Å². The zero-order valence-electron chi connectivity index (χ0n) is 18.0. The Bertz CT molecular complexity index is 1130. The van der Waals surface area contributed by atoms with Gasteiger partial charge in [-0.1, -0.05) is 0 Å². The summed E-state index contributed by atoms with van der Waals surface area (Å²) >= 11 is 1.31. The number of benzene rings is 1. The largest absolute Gasteiger partial charge is 0.493 e. The van der Waals surface area contributed by atoms with Crippen molar-refractivity contribution in [1.82, 2.24) is 14.9 Å². The van der Waals surface area contributed by atoms with Crippen molar-refractivity contribution in [2.24, 2.45) is 0 Å². The number of aromatic nitrogens is 2. The minimum atomic E-state index is -0.360. The van der Waals surface area contributed by atoms with Crippen molar-refractivity contribution in [2.75, 3.05) is 32.6 Å². The van der Waals surface area contributed by atoms with E-state index in [0.717, 1.165) is 21.3 Å². The molecule has 1 unspecified atom stereocenters. The Morgan fingerprint density at radius 2 is 2.19 bits per heavy atom. The van der Waals surface area contributed by atoms with Gasteiger partial charge in [-0.05, 0) is 51.7 Å². The minimum absolute atomic E-state index is 0.171. The molecule has 0 aliphatic carbocycles. The molecule has 0 fully saturated rings. The Morgan fingerprint density at radius 3 is 2.94 bits per heavy atom. The van der Waals surface area contributed by atoms with Gasteiger partial charge in [-0.3, -0.25) is 0 Å². The predicted octanol–water partition coefficient (Wildman–Crippen LogP) is 4.31. The number of thiophene rings is 1. The van der Waals surface area contributed by atoms with Crippen LogP contribution in [0.4, 0.5) is 10.2 Å². The van der Waals surface area contributed by atoms with Crippen LogP contribution in [0.15, 0.2) is 18.2 Å². The molecule has 7 nitrogen and oxygen atoms in total. The molecule has 164 valence electrons. The molecule has 0 bridgehead atoms. The lowest BCUT2D eigenvalue weighted by Crippen LogP contribution is -2.22. The van der Waals surface area contributed by atoms with Crippen LogP contribution in [0, 0.1) is 12.7 Å². The number of rotatable bonds is 6. The van der Waals surface area contributed by atoms with E-state index in [9.17, 15) is 9.18 Å². The highest BCUT2D eigenvalue weighted by Gasteiger charge is 2.26. The number of hydrogen-bond acceptors (Lipinski definition) is 8. The van der Waals surface area contributed by atoms with Crippen LogP contribution in [0.25, 0.3) is 10.2 Å². The summed E-state index contributed by atoms with van der Waals surface area (Å²) < 4.78 is 24.8. The molecule has 1 aliphatic rings. The smallest absolute Gasteiger partial charge is 0.348 e. The van der Waals surface area contributed by atoms with Gasteiger partial charge in [0.05, 0.1) is 31.2 Å². The van der Waals surface area contributed by atoms with E-state index in [0.29, 0.717) is 48.4 Å². The van der Waals surface area contributed by atoms with Crippen LogP contribution in [0.5, 0.6) is 5.75 Å². The van der Waals surface area contributed by atoms with Crippen molar-refractivity contribution >= 4 is 33.3 Å². The van der Waals surface area contributed by atoms with Crippen molar-refractivity contribution in [3.63, 3.8) is 0 Å². The van der Waals surface area contributed by atoms with Crippen molar-refractivity contribution in [3.05, 3.63) is 45.8 Å². The molecule has 1 aromatic carbocycles. The second-order valence-corrected chi connectivity index (χ2v) is 8.70. The highest BCUT2D eigenvalue weighted by Crippen LogP contribution is 2.39. The third kappa shape index (κ3) is 4.33. The van der Waals surface area contributed by atoms with Gasteiger partial charge in [0.15, 0.2) is 0 Å². The number of nitrogens with zero attached hydrogens (tertiary/aromatic N) is 3. The van der Waals surface area contributed by atoms with Crippen LogP contribution in [0.2, 0.25) is 0 Å². The third-order valence-electron chi connectivity index (χ3n) is 5.08. The number of halogens is 1. The molecule has 0 spiro atoms. The molecule has 4 rings (SSSR count). The van der Waals surface area contributed by atoms with E-state index < -0.39 is 0 Å². The number of ether oxygens (including phenoxy) is 2. The lowest BCUT2D eigenvalue weighted by molar-refractivity contribution is 0.0531. The van der Waals surface area contributed by atoms with Gasteiger partial charge in [0.1, 0.15) is 32.9 Å². The summed E-state index contributed by atoms with van der Waals surface area (Å²) in [4.78, 5) is 25.1. The number of hydrogen-bond donors (Lipinski definition) is 1. The Morgan fingerprint density at radius 1 is 1.39 bits per heavy atom. The molecule has 31 heavy (non-hydrogen) atoms. The fourth-order valence-corrected chi connectivity index (χ4v) is 4.81. The highest BCUT2D eigenvalue weighted by atomic mass is 32.1. The lowest BCUT2D eigenvalue weighted by Gasteiger charge is -2.27. The van der Waals surface area contributed by atoms with Crippen LogP contribution in [0.3, 0.4) is 0 Å². The highest BCUT2D eigenvalue weighted by molar-refractivity contribution is 7.20. The van der Waals surface area contributed by atoms with Crippen LogP contribution in [-0.2, 0) is 11.3 Å². The van der Waals surface area contributed by atoms with Gasteiger partial charge >= 0.3 is 5.97 Å². The minimum Gasteiger partial charge on any atom is -0.493 e. The predicted molar refractivity (Wildman–Crippen MR) is 118 cm³/mol. The van der Waals surface area contributed by atoms with Crippen molar-refractivity contribution < 1.29 is 18.7 Å². The number of esters is 1. The zero-order chi connectivity index (χ0) is 22.1. The Balaban J connectivity index is 1.81. The van der Waals surface area contributed by atoms with E-state index in [4.69, 9.17) is 14.5 Å². The van der Waals surface area contributed by atoms with Crippen LogP contribution in [-0.4, -0.2) is 48.1 Å². The zero-order valence-corrected chi connectivity index (χ0v) is 18.8. The molecule has 1 atom stereocenters. The number of carbonyl (C=O) groups excluding carboxylic acids is 1. The van der Waals surface area contributed by atoms with Crippen LogP contribution >= 0.6 is 11.3 Å². The van der Waals surface area contributed by atoms with E-state index in [1.165, 1.54) is 23.5 Å². The fraction of sp³-hybridized carbons (Fsp3) is 0.409. The quantitative estimate of drug-likeness (QED) is 0.568. The van der Waals surface area contributed by atoms with Gasteiger partial charge in [0, 0.05) is 12.0 Å². The molecule has 1 aliphatic heterocycles. The number of nitrogens with one attached hydrogen (secondary N) is 1. The third-order valence-corrected chi connectivity index (χ3v) is 6.24. The van der Waals surface area contributed by atoms with E-state index in [1.807, 2.05) is 25.9 Å². The number of aryl methyl sites for hydroxylation is 1. The second kappa shape index (κ2) is 8.76. The van der Waals surface area contributed by atoms with Crippen molar-refractivity contribution in [1.29, 1.82) is 0 Å². The molecule has 0 saturated carbocycles. The summed E-state index contributed by atoms with van der Waals surface area (Å²) in [6.07, 6.45) is 0.666. The molecule has 1 N–H and O–H groups in total. The normalized spacial score (nSPS) is 15.6. The molecule has 0 amide bonds. The van der Waals surface area contributed by atoms with Crippen LogP contribution < -0.4 is 10.1 Å². The van der Waals surface area contributed by atoms with Gasteiger partial charge in [0.25, 0.3) is 0 Å². The van der Waals surface area contributed by atoms with E-state index in [-0.39, 0.29) is 17.8 Å². The molecule has 2 aromatic heterocycles. The van der Waals surface area contributed by atoms with Gasteiger partial charge in [-0.25, -0.2) is 19.2 Å². The Hall–Kier alpha value is -2.78. The first kappa shape index (κ1) is 21.5. The fourth-order valence-electron chi connectivity index (χ4n) is 3.71. The average Bonchev–Trinajstić information content (AvgIpc) is 3.05. The topological polar surface area (TPSA) is 76.6 Å². The summed E-state index contributed by atoms with van der Waals surface area (Å²) in [5, 5.41) is 4.28. The van der Waals surface area contributed by atoms with Gasteiger partial charge in [0.2, 0.25) is 0 Å². The van der Waals surface area contributed by atoms with Crippen molar-refractivity contribution in [2.45, 2.75) is 32.9 Å². The Kier molecular flexibility index (Phi) is 6.06. The first-order valence-electron chi connectivity index (χ1n) is 10.2. The molecular weight excluding hydrogens is 419 g/mol. The number of carbonyl (C=O) groups is 1. The summed E-state index contributed by atoms with van der Waals surface area (Å²) in [7, 11) is 3.89. The standard InChI is InChI=1S/C22H25FN4O3S/c1-5-29-22(28)19-12(2)18-20(25-17(11-27(3)4)26-21(18)31-19)24-15-8-9-30-16-7-6-13(23)10-14(15)16/h6-7,10,15H,5,8-9,11H2,1-4H3,(H,24,25,26). The molecule has 3 heterocycles. The Labute approximate surface area is 184 Å². The first-order valence-corrected chi connectivity index (χ1v) is 11.0. The number of anilines is 1. The maximum absolute atomic E-state index is 13.9. The molecule has 9 heteroatoms. The molecular formula is C22H25FN4O3S. The summed E-state index contributed by atoms with van der Waals surface area (Å²) in [5.41, 5.74) is 1.54. The van der Waals surface area contributed by atoms with Gasteiger partial charge in [-0.15, -0.1) is 11.3 Å². The van der Waals surface area contributed by atoms with E-state index in [1.54, 1.807) is 13.0 Å². The molecule has 0 radical (unpaired) electrons. The lowest BCUT2D eigenvalue weighted by atomic mass is 10.00. The molecule has 3 aromatic rings. The maximum atomic E-state index is 13.9. The van der Waals surface area contributed by atoms with Gasteiger partial charge in [-0.2, -0.15) is 0 Å². The second-order valence-electron chi connectivity index (χ2n) is 7.70. The molecule has 0 saturated heterocycles. The van der Waals surface area contributed by atoms with E-state index >= 15 is 0 Å². The van der Waals surface area contributed by atoms with Crippen molar-refractivity contribution in [3.8, 4) is 5.75 Å². The summed E-state index contributed by atoms with van der Waals surface area (Å²) in [6, 6.07) is 4.37. The van der Waals surface area contributed by atoms with Crippen LogP contribution in [0.1, 0.15) is 46.0 Å². The summed E-state index contributed by atoms with van der Waals surface area (Å²) in [5.74, 6) is 1.27. The average molecular weight is 445 g/mol.